The molecule has 3 unspecified atom stereocenters. The molecule has 4 N–H and O–H groups in total. The molecular weight excluding hydrogens is 618 g/mol. The molecule has 0 aromatic rings. The number of aliphatic hydroxyl groups is 3. The highest BCUT2D eigenvalue weighted by Crippen LogP contribution is 2.15. The number of carbonyl (C=O) groups is 1. The smallest absolute Gasteiger partial charge is 0.220 e. The van der Waals surface area contributed by atoms with Crippen LogP contribution in [0, 0.1) is 0 Å². The number of rotatable bonds is 40. The van der Waals surface area contributed by atoms with Crippen molar-refractivity contribution in [3.63, 3.8) is 0 Å². The first kappa shape index (κ1) is 48.8. The summed E-state index contributed by atoms with van der Waals surface area (Å²) in [5, 5.41) is 33.5. The predicted molar refractivity (Wildman–Crippen MR) is 218 cm³/mol. The van der Waals surface area contributed by atoms with E-state index in [1.54, 1.807) is 0 Å². The van der Waals surface area contributed by atoms with Gasteiger partial charge < -0.3 is 20.6 Å². The predicted octanol–water partition coefficient (Wildman–Crippen LogP) is 12.6. The number of nitrogens with one attached hydrogen (secondary N) is 1. The monoisotopic (exact) mass is 706 g/mol. The lowest BCUT2D eigenvalue weighted by molar-refractivity contribution is -0.124. The van der Waals surface area contributed by atoms with E-state index in [0.717, 1.165) is 44.9 Å². The molecule has 5 nitrogen and oxygen atoms in total. The number of hydrogen-bond acceptors (Lipinski definition) is 4. The van der Waals surface area contributed by atoms with Crippen LogP contribution < -0.4 is 5.32 Å². The Morgan fingerprint density at radius 2 is 0.820 bits per heavy atom. The lowest BCUT2D eigenvalue weighted by Gasteiger charge is -2.26. The van der Waals surface area contributed by atoms with Crippen molar-refractivity contribution in [2.24, 2.45) is 0 Å². The minimum Gasteiger partial charge on any atom is -0.394 e. The number of aliphatic hydroxyl groups excluding tert-OH is 3. The van der Waals surface area contributed by atoms with Gasteiger partial charge in [-0.2, -0.15) is 0 Å². The summed E-state index contributed by atoms with van der Waals surface area (Å²) in [5.74, 6) is -0.157. The molecule has 0 aliphatic heterocycles. The van der Waals surface area contributed by atoms with E-state index in [4.69, 9.17) is 0 Å². The van der Waals surface area contributed by atoms with Gasteiger partial charge in [0, 0.05) is 6.42 Å². The maximum atomic E-state index is 12.4. The zero-order valence-corrected chi connectivity index (χ0v) is 33.5. The highest BCUT2D eigenvalue weighted by atomic mass is 16.3. The fourth-order valence-corrected chi connectivity index (χ4v) is 6.83. The van der Waals surface area contributed by atoms with Gasteiger partial charge in [-0.05, 0) is 51.4 Å². The molecule has 3 atom stereocenters. The summed E-state index contributed by atoms with van der Waals surface area (Å²) in [4.78, 5) is 12.4. The van der Waals surface area contributed by atoms with Crippen LogP contribution in [0.3, 0.4) is 0 Å². The van der Waals surface area contributed by atoms with Crippen molar-refractivity contribution in [1.29, 1.82) is 0 Å². The third-order valence-corrected chi connectivity index (χ3v) is 10.3. The molecule has 0 aromatic carbocycles. The van der Waals surface area contributed by atoms with Crippen LogP contribution in [0.15, 0.2) is 24.3 Å². The molecule has 50 heavy (non-hydrogen) atoms. The van der Waals surface area contributed by atoms with Gasteiger partial charge in [0.2, 0.25) is 5.91 Å². The third-order valence-electron chi connectivity index (χ3n) is 10.3. The van der Waals surface area contributed by atoms with Gasteiger partial charge in [0.15, 0.2) is 0 Å². The van der Waals surface area contributed by atoms with Crippen molar-refractivity contribution in [3.05, 3.63) is 24.3 Å². The zero-order valence-electron chi connectivity index (χ0n) is 33.5. The second-order valence-electron chi connectivity index (χ2n) is 15.2. The van der Waals surface area contributed by atoms with E-state index in [-0.39, 0.29) is 12.5 Å². The van der Waals surface area contributed by atoms with Crippen LogP contribution >= 0.6 is 0 Å². The van der Waals surface area contributed by atoms with Crippen LogP contribution in [0.5, 0.6) is 0 Å². The van der Waals surface area contributed by atoms with E-state index >= 15 is 0 Å². The first-order chi connectivity index (χ1) is 24.6. The molecule has 1 amide bonds. The van der Waals surface area contributed by atoms with Gasteiger partial charge in [-0.1, -0.05) is 199 Å². The SMILES string of the molecule is CCCCCCCCCCCCCCC/C=C/CC/C=C/CCCC(O)C(O)C(CO)NC(=O)CCCCCCCCCCCCCCCC. The molecule has 0 radical (unpaired) electrons. The highest BCUT2D eigenvalue weighted by Gasteiger charge is 2.26. The molecule has 0 saturated carbocycles. The van der Waals surface area contributed by atoms with Crippen LogP contribution in [-0.2, 0) is 4.79 Å². The summed E-state index contributed by atoms with van der Waals surface area (Å²) in [6.45, 7) is 4.17. The summed E-state index contributed by atoms with van der Waals surface area (Å²) in [6.07, 6.45) is 48.6. The van der Waals surface area contributed by atoms with E-state index < -0.39 is 18.2 Å². The van der Waals surface area contributed by atoms with Crippen LogP contribution in [0.2, 0.25) is 0 Å². The van der Waals surface area contributed by atoms with Crippen LogP contribution in [0.25, 0.3) is 0 Å². The second-order valence-corrected chi connectivity index (χ2v) is 15.2. The largest absolute Gasteiger partial charge is 0.394 e. The number of hydrogen-bond donors (Lipinski definition) is 4. The summed E-state index contributed by atoms with van der Waals surface area (Å²) in [7, 11) is 0. The van der Waals surface area contributed by atoms with E-state index in [0.29, 0.717) is 12.8 Å². The number of allylic oxidation sites excluding steroid dienone is 4. The van der Waals surface area contributed by atoms with Crippen LogP contribution in [0.1, 0.15) is 232 Å². The quantitative estimate of drug-likeness (QED) is 0.0377. The van der Waals surface area contributed by atoms with Gasteiger partial charge in [-0.3, -0.25) is 4.79 Å². The minimum atomic E-state index is -1.16. The molecule has 0 aromatic heterocycles. The first-order valence-corrected chi connectivity index (χ1v) is 22.1. The second kappa shape index (κ2) is 40.6. The van der Waals surface area contributed by atoms with Crippen LogP contribution in [0.4, 0.5) is 0 Å². The molecule has 0 rings (SSSR count). The molecule has 0 heterocycles. The standard InChI is InChI=1S/C45H87NO4/c1-3-5-7-9-11-13-15-17-19-20-21-22-23-24-25-26-27-29-31-33-35-37-39-43(48)45(50)42(41-47)46-44(49)40-38-36-34-32-30-28-18-16-14-12-10-8-6-4-2/h25-26,31,33,42-43,45,47-48,50H,3-24,27-30,32,34-41H2,1-2H3,(H,46,49)/b26-25+,33-31+. The Kier molecular flexibility index (Phi) is 39.6. The van der Waals surface area contributed by atoms with Gasteiger partial charge >= 0.3 is 0 Å². The maximum Gasteiger partial charge on any atom is 0.220 e. The molecule has 0 aliphatic rings. The van der Waals surface area contributed by atoms with Crippen molar-refractivity contribution >= 4 is 5.91 Å². The molecule has 5 heteroatoms. The highest BCUT2D eigenvalue weighted by molar-refractivity contribution is 5.76. The summed E-state index contributed by atoms with van der Waals surface area (Å²) < 4.78 is 0. The Labute approximate surface area is 312 Å². The van der Waals surface area contributed by atoms with Crippen molar-refractivity contribution in [3.8, 4) is 0 Å². The zero-order chi connectivity index (χ0) is 36.6. The van der Waals surface area contributed by atoms with E-state index in [1.165, 1.54) is 161 Å². The molecular formula is C45H87NO4. The van der Waals surface area contributed by atoms with Crippen molar-refractivity contribution < 1.29 is 20.1 Å². The normalized spacial score (nSPS) is 13.8. The van der Waals surface area contributed by atoms with E-state index in [9.17, 15) is 20.1 Å². The first-order valence-electron chi connectivity index (χ1n) is 22.1. The van der Waals surface area contributed by atoms with Crippen molar-refractivity contribution in [1.82, 2.24) is 5.32 Å². The van der Waals surface area contributed by atoms with Gasteiger partial charge in [-0.25, -0.2) is 0 Å². The average molecular weight is 706 g/mol. The molecule has 0 saturated heterocycles. The topological polar surface area (TPSA) is 89.8 Å². The molecule has 0 aliphatic carbocycles. The Bertz CT molecular complexity index is 739. The Balaban J connectivity index is 3.67. The maximum absolute atomic E-state index is 12.4. The van der Waals surface area contributed by atoms with Gasteiger partial charge in [-0.15, -0.1) is 0 Å². The number of amides is 1. The van der Waals surface area contributed by atoms with Crippen molar-refractivity contribution in [2.45, 2.75) is 250 Å². The fourth-order valence-electron chi connectivity index (χ4n) is 6.83. The Hall–Kier alpha value is -1.17. The molecule has 296 valence electrons. The van der Waals surface area contributed by atoms with Crippen LogP contribution in [-0.4, -0.2) is 46.1 Å². The number of carbonyl (C=O) groups excluding carboxylic acids is 1. The minimum absolute atomic E-state index is 0.157. The van der Waals surface area contributed by atoms with Gasteiger partial charge in [0.25, 0.3) is 0 Å². The lowest BCUT2D eigenvalue weighted by Crippen LogP contribution is -2.50. The van der Waals surface area contributed by atoms with E-state index in [2.05, 4.69) is 43.5 Å². The number of unbranched alkanes of at least 4 members (excludes halogenated alkanes) is 28. The fraction of sp³-hybridized carbons (Fsp3) is 0.889. The Morgan fingerprint density at radius 3 is 1.22 bits per heavy atom. The average Bonchev–Trinajstić information content (AvgIpc) is 3.12. The van der Waals surface area contributed by atoms with Gasteiger partial charge in [0.05, 0.1) is 18.8 Å². The molecule has 0 fully saturated rings. The van der Waals surface area contributed by atoms with Gasteiger partial charge in [0.1, 0.15) is 6.10 Å². The Morgan fingerprint density at radius 1 is 0.480 bits per heavy atom. The molecule has 0 spiro atoms. The lowest BCUT2D eigenvalue weighted by atomic mass is 10.0. The molecule has 0 bridgehead atoms. The summed E-state index contributed by atoms with van der Waals surface area (Å²) in [6, 6.07) is -0.828. The van der Waals surface area contributed by atoms with Crippen molar-refractivity contribution in [2.75, 3.05) is 6.61 Å². The van der Waals surface area contributed by atoms with E-state index in [1.807, 2.05) is 0 Å². The summed E-state index contributed by atoms with van der Waals surface area (Å²) in [5.41, 5.74) is 0. The summed E-state index contributed by atoms with van der Waals surface area (Å²) >= 11 is 0. The third kappa shape index (κ3) is 35.2.